The molecule has 0 amide bonds. The highest BCUT2D eigenvalue weighted by atomic mass is 16.6. The molecule has 0 aromatic carbocycles. The van der Waals surface area contributed by atoms with Gasteiger partial charge in [0.1, 0.15) is 5.78 Å². The van der Waals surface area contributed by atoms with Crippen molar-refractivity contribution in [3.63, 3.8) is 0 Å². The van der Waals surface area contributed by atoms with Gasteiger partial charge in [0.05, 0.1) is 6.61 Å². The van der Waals surface area contributed by atoms with Crippen LogP contribution in [0.1, 0.15) is 71.6 Å². The summed E-state index contributed by atoms with van der Waals surface area (Å²) in [7, 11) is 0. The molecule has 0 aromatic heterocycles. The summed E-state index contributed by atoms with van der Waals surface area (Å²) in [5.41, 5.74) is 0. The number of esters is 1. The number of ether oxygens (including phenoxy) is 1. The van der Waals surface area contributed by atoms with E-state index in [-0.39, 0.29) is 23.1 Å². The Morgan fingerprint density at radius 3 is 2.33 bits per heavy atom. The fourth-order valence-electron chi connectivity index (χ4n) is 2.06. The van der Waals surface area contributed by atoms with Crippen molar-refractivity contribution in [3.05, 3.63) is 10.1 Å². The van der Waals surface area contributed by atoms with Gasteiger partial charge in [0, 0.05) is 37.0 Å². The van der Waals surface area contributed by atoms with Gasteiger partial charge in [-0.1, -0.05) is 13.3 Å². The Morgan fingerprint density at radius 1 is 1.05 bits per heavy atom. The zero-order valence-corrected chi connectivity index (χ0v) is 13.1. The molecule has 21 heavy (non-hydrogen) atoms. The van der Waals surface area contributed by atoms with E-state index >= 15 is 0 Å². The Hall–Kier alpha value is -1.46. The molecule has 0 aromatic rings. The van der Waals surface area contributed by atoms with E-state index in [0.29, 0.717) is 45.1 Å². The predicted octanol–water partition coefficient (Wildman–Crippen LogP) is 3.29. The summed E-state index contributed by atoms with van der Waals surface area (Å²) in [5.74, 6) is -0.153. The van der Waals surface area contributed by atoms with Crippen LogP contribution in [0.5, 0.6) is 0 Å². The molecular weight excluding hydrogens is 274 g/mol. The second-order valence-electron chi connectivity index (χ2n) is 5.17. The fraction of sp³-hybridized carbons (Fsp3) is 0.867. The standard InChI is InChI=1S/C15H27NO5/c1-3-5-9-14(17)12-11-13(16(19)20)8-6-7-10-15(18)21-4-2/h13H,3-12H2,1-2H3. The second-order valence-corrected chi connectivity index (χ2v) is 5.17. The van der Waals surface area contributed by atoms with Gasteiger partial charge in [0.25, 0.3) is 0 Å². The second kappa shape index (κ2) is 12.3. The zero-order chi connectivity index (χ0) is 16.1. The van der Waals surface area contributed by atoms with Crippen LogP contribution in [0.15, 0.2) is 0 Å². The third-order valence-electron chi connectivity index (χ3n) is 3.34. The minimum atomic E-state index is -0.683. The summed E-state index contributed by atoms with van der Waals surface area (Å²) in [6.07, 6.45) is 4.81. The van der Waals surface area contributed by atoms with Gasteiger partial charge in [0.2, 0.25) is 6.04 Å². The lowest BCUT2D eigenvalue weighted by atomic mass is 10.0. The molecule has 0 saturated carbocycles. The molecule has 0 spiro atoms. The van der Waals surface area contributed by atoms with Crippen LogP contribution in [0, 0.1) is 10.1 Å². The Bertz CT molecular complexity index is 330. The van der Waals surface area contributed by atoms with E-state index in [1.165, 1.54) is 0 Å². The number of carbonyl (C=O) groups excluding carboxylic acids is 2. The van der Waals surface area contributed by atoms with Gasteiger partial charge in [-0.05, 0) is 26.2 Å². The van der Waals surface area contributed by atoms with Crippen LogP contribution in [-0.2, 0) is 14.3 Å². The number of Topliss-reactive ketones (excluding diaryl/α,β-unsaturated/α-hetero) is 1. The van der Waals surface area contributed by atoms with Crippen molar-refractivity contribution < 1.29 is 19.2 Å². The number of hydrogen-bond donors (Lipinski definition) is 0. The van der Waals surface area contributed by atoms with Gasteiger partial charge in [-0.3, -0.25) is 19.7 Å². The Kier molecular flexibility index (Phi) is 11.4. The van der Waals surface area contributed by atoms with E-state index in [0.717, 1.165) is 12.8 Å². The molecule has 0 heterocycles. The van der Waals surface area contributed by atoms with E-state index in [2.05, 4.69) is 0 Å². The summed E-state index contributed by atoms with van der Waals surface area (Å²) in [6, 6.07) is -0.683. The lowest BCUT2D eigenvalue weighted by Crippen LogP contribution is -2.20. The first-order valence-electron chi connectivity index (χ1n) is 7.82. The summed E-state index contributed by atoms with van der Waals surface area (Å²) in [4.78, 5) is 33.3. The normalized spacial score (nSPS) is 11.9. The average molecular weight is 301 g/mol. The number of nitrogens with zero attached hydrogens (tertiary/aromatic N) is 1. The van der Waals surface area contributed by atoms with Gasteiger partial charge in [-0.2, -0.15) is 0 Å². The maximum atomic E-state index is 11.5. The van der Waals surface area contributed by atoms with Crippen molar-refractivity contribution in [3.8, 4) is 0 Å². The maximum absolute atomic E-state index is 11.5. The zero-order valence-electron chi connectivity index (χ0n) is 13.1. The SMILES string of the molecule is CCCCC(=O)CCC(CCCCC(=O)OCC)[N+](=O)[O-]. The van der Waals surface area contributed by atoms with Gasteiger partial charge in [-0.15, -0.1) is 0 Å². The lowest BCUT2D eigenvalue weighted by molar-refractivity contribution is -0.524. The summed E-state index contributed by atoms with van der Waals surface area (Å²) < 4.78 is 4.80. The molecule has 0 rings (SSSR count). The van der Waals surface area contributed by atoms with Crippen molar-refractivity contribution >= 4 is 11.8 Å². The summed E-state index contributed by atoms with van der Waals surface area (Å²) in [6.45, 7) is 4.11. The van der Waals surface area contributed by atoms with Gasteiger partial charge >= 0.3 is 5.97 Å². The molecular formula is C15H27NO5. The Morgan fingerprint density at radius 2 is 1.76 bits per heavy atom. The molecule has 0 saturated heterocycles. The molecule has 0 aliphatic rings. The quantitative estimate of drug-likeness (QED) is 0.225. The van der Waals surface area contributed by atoms with Crippen LogP contribution >= 0.6 is 0 Å². The molecule has 6 nitrogen and oxygen atoms in total. The topological polar surface area (TPSA) is 86.5 Å². The lowest BCUT2D eigenvalue weighted by Gasteiger charge is -2.09. The third-order valence-corrected chi connectivity index (χ3v) is 3.34. The number of unbranched alkanes of at least 4 members (excludes halogenated alkanes) is 2. The van der Waals surface area contributed by atoms with E-state index < -0.39 is 6.04 Å². The van der Waals surface area contributed by atoms with Crippen LogP contribution in [0.3, 0.4) is 0 Å². The number of carbonyl (C=O) groups is 2. The molecule has 0 radical (unpaired) electrons. The van der Waals surface area contributed by atoms with E-state index in [9.17, 15) is 19.7 Å². The van der Waals surface area contributed by atoms with Crippen molar-refractivity contribution in [1.29, 1.82) is 0 Å². The Balaban J connectivity index is 3.90. The van der Waals surface area contributed by atoms with Crippen molar-refractivity contribution in [2.24, 2.45) is 0 Å². The molecule has 1 atom stereocenters. The molecule has 1 unspecified atom stereocenters. The van der Waals surface area contributed by atoms with Gasteiger partial charge in [-0.25, -0.2) is 0 Å². The number of ketones is 1. The van der Waals surface area contributed by atoms with E-state index in [1.807, 2.05) is 6.92 Å². The smallest absolute Gasteiger partial charge is 0.305 e. The third kappa shape index (κ3) is 10.9. The number of rotatable bonds is 13. The Labute approximate surface area is 126 Å². The van der Waals surface area contributed by atoms with Gasteiger partial charge < -0.3 is 4.74 Å². The minimum Gasteiger partial charge on any atom is -0.466 e. The molecule has 0 N–H and O–H groups in total. The molecule has 0 bridgehead atoms. The first-order valence-corrected chi connectivity index (χ1v) is 7.82. The molecule has 122 valence electrons. The summed E-state index contributed by atoms with van der Waals surface area (Å²) in [5, 5.41) is 11.0. The minimum absolute atomic E-state index is 0.107. The van der Waals surface area contributed by atoms with Crippen LogP contribution in [0.2, 0.25) is 0 Å². The highest BCUT2D eigenvalue weighted by Crippen LogP contribution is 2.13. The van der Waals surface area contributed by atoms with Crippen molar-refractivity contribution in [1.82, 2.24) is 0 Å². The largest absolute Gasteiger partial charge is 0.466 e. The average Bonchev–Trinajstić information content (AvgIpc) is 2.44. The maximum Gasteiger partial charge on any atom is 0.305 e. The van der Waals surface area contributed by atoms with E-state index in [1.54, 1.807) is 6.92 Å². The molecule has 6 heteroatoms. The van der Waals surface area contributed by atoms with Crippen molar-refractivity contribution in [2.75, 3.05) is 6.61 Å². The fourth-order valence-corrected chi connectivity index (χ4v) is 2.06. The molecule has 0 fully saturated rings. The van der Waals surface area contributed by atoms with Crippen LogP contribution in [0.25, 0.3) is 0 Å². The predicted molar refractivity (Wildman–Crippen MR) is 79.6 cm³/mol. The van der Waals surface area contributed by atoms with Crippen molar-refractivity contribution in [2.45, 2.75) is 77.7 Å². The highest BCUT2D eigenvalue weighted by molar-refractivity contribution is 5.78. The van der Waals surface area contributed by atoms with E-state index in [4.69, 9.17) is 4.74 Å². The highest BCUT2D eigenvalue weighted by Gasteiger charge is 2.20. The van der Waals surface area contributed by atoms with Gasteiger partial charge in [0.15, 0.2) is 0 Å². The first kappa shape index (κ1) is 19.5. The number of hydrogen-bond acceptors (Lipinski definition) is 5. The van der Waals surface area contributed by atoms with Crippen LogP contribution < -0.4 is 0 Å². The number of nitro groups is 1. The monoisotopic (exact) mass is 301 g/mol. The molecule has 0 aliphatic heterocycles. The molecule has 0 aliphatic carbocycles. The van der Waals surface area contributed by atoms with Crippen LogP contribution in [-0.4, -0.2) is 29.3 Å². The first-order chi connectivity index (χ1) is 10.0. The summed E-state index contributed by atoms with van der Waals surface area (Å²) >= 11 is 0. The van der Waals surface area contributed by atoms with Crippen LogP contribution in [0.4, 0.5) is 0 Å².